The summed E-state index contributed by atoms with van der Waals surface area (Å²) in [5, 5.41) is 2.59. The second-order valence-electron chi connectivity index (χ2n) is 4.22. The van der Waals surface area contributed by atoms with Crippen molar-refractivity contribution >= 4 is 38.9 Å². The molecule has 0 radical (unpaired) electrons. The number of fused-ring (bicyclic) bond motifs is 1. The number of carbonyl (C=O) groups excluding carboxylic acids is 1. The van der Waals surface area contributed by atoms with Crippen LogP contribution >= 0.6 is 15.9 Å². The van der Waals surface area contributed by atoms with Crippen LogP contribution in [0.25, 0.3) is 11.0 Å². The summed E-state index contributed by atoms with van der Waals surface area (Å²) in [6.45, 7) is 0. The number of rotatable bonds is 2. The average Bonchev–Trinajstić information content (AvgIpc) is 2.47. The van der Waals surface area contributed by atoms with Gasteiger partial charge in [0.1, 0.15) is 11.6 Å². The van der Waals surface area contributed by atoms with Crippen LogP contribution < -0.4 is 10.1 Å². The highest BCUT2D eigenvalue weighted by atomic mass is 79.9. The van der Waals surface area contributed by atoms with Gasteiger partial charge >= 0.3 is 6.09 Å². The lowest BCUT2D eigenvalue weighted by molar-refractivity contribution is 0.215. The summed E-state index contributed by atoms with van der Waals surface area (Å²) in [6, 6.07) is 14.1. The number of hydrogen-bond donors (Lipinski definition) is 1. The van der Waals surface area contributed by atoms with Crippen molar-refractivity contribution in [2.45, 2.75) is 0 Å². The molecule has 5 nitrogen and oxygen atoms in total. The van der Waals surface area contributed by atoms with E-state index >= 15 is 0 Å². The first kappa shape index (κ1) is 13.5. The largest absolute Gasteiger partial charge is 0.418 e. The van der Waals surface area contributed by atoms with Gasteiger partial charge in [-0.2, -0.15) is 0 Å². The van der Waals surface area contributed by atoms with Crippen molar-refractivity contribution in [3.05, 3.63) is 59.2 Å². The summed E-state index contributed by atoms with van der Waals surface area (Å²) in [6.07, 6.45) is 1.11. The van der Waals surface area contributed by atoms with Crippen LogP contribution in [0.1, 0.15) is 0 Å². The van der Waals surface area contributed by atoms with Crippen LogP contribution in [0.5, 0.6) is 5.75 Å². The minimum atomic E-state index is -0.587. The Bertz CT molecular complexity index is 793. The zero-order valence-electron chi connectivity index (χ0n) is 10.8. The number of nitrogens with zero attached hydrogens (tertiary/aromatic N) is 2. The van der Waals surface area contributed by atoms with Gasteiger partial charge in [0.15, 0.2) is 0 Å². The second kappa shape index (κ2) is 5.88. The summed E-state index contributed by atoms with van der Waals surface area (Å²) in [7, 11) is 0. The van der Waals surface area contributed by atoms with Gasteiger partial charge in [-0.1, -0.05) is 18.2 Å². The predicted octanol–water partition coefficient (Wildman–Crippen LogP) is 4.00. The molecule has 104 valence electrons. The number of halogens is 1. The topological polar surface area (TPSA) is 64.1 Å². The van der Waals surface area contributed by atoms with E-state index in [4.69, 9.17) is 4.74 Å². The minimum absolute atomic E-state index is 0.406. The van der Waals surface area contributed by atoms with Crippen LogP contribution in [0.4, 0.5) is 10.6 Å². The maximum Gasteiger partial charge on any atom is 0.418 e. The lowest BCUT2D eigenvalue weighted by atomic mass is 10.3. The molecular weight excluding hydrogens is 334 g/mol. The summed E-state index contributed by atoms with van der Waals surface area (Å²) in [5.41, 5.74) is 1.43. The van der Waals surface area contributed by atoms with Gasteiger partial charge in [0, 0.05) is 10.7 Å². The lowest BCUT2D eigenvalue weighted by Gasteiger charge is -2.06. The van der Waals surface area contributed by atoms with Crippen molar-refractivity contribution in [3.63, 3.8) is 0 Å². The third-order valence-corrected chi connectivity index (χ3v) is 3.12. The second-order valence-corrected chi connectivity index (χ2v) is 5.13. The Balaban J connectivity index is 1.76. The summed E-state index contributed by atoms with van der Waals surface area (Å²) in [5.74, 6) is 0.878. The molecule has 3 aromatic rings. The van der Waals surface area contributed by atoms with Crippen molar-refractivity contribution < 1.29 is 9.53 Å². The zero-order valence-corrected chi connectivity index (χ0v) is 12.4. The molecule has 0 atom stereocenters. The average molecular weight is 344 g/mol. The SMILES string of the molecule is O=C(Nc1ccc2ncc(Br)cc2n1)Oc1ccccc1. The number of amides is 1. The van der Waals surface area contributed by atoms with Crippen LogP contribution in [-0.2, 0) is 0 Å². The van der Waals surface area contributed by atoms with Gasteiger partial charge in [-0.25, -0.2) is 9.78 Å². The Morgan fingerprint density at radius 2 is 1.90 bits per heavy atom. The van der Waals surface area contributed by atoms with E-state index in [1.807, 2.05) is 12.1 Å². The summed E-state index contributed by atoms with van der Waals surface area (Å²) in [4.78, 5) is 20.3. The van der Waals surface area contributed by atoms with Gasteiger partial charge in [-0.3, -0.25) is 10.3 Å². The van der Waals surface area contributed by atoms with E-state index in [0.29, 0.717) is 17.1 Å². The number of ether oxygens (including phenoxy) is 1. The molecule has 6 heteroatoms. The molecule has 1 amide bonds. The van der Waals surface area contributed by atoms with E-state index in [9.17, 15) is 4.79 Å². The standard InChI is InChI=1S/C15H10BrN3O2/c16-10-8-13-12(17-9-10)6-7-14(18-13)19-15(20)21-11-4-2-1-3-5-11/h1-9H,(H,18,19,20). The van der Waals surface area contributed by atoms with Crippen LogP contribution in [-0.4, -0.2) is 16.1 Å². The van der Waals surface area contributed by atoms with Crippen LogP contribution in [0.15, 0.2) is 59.2 Å². The van der Waals surface area contributed by atoms with Gasteiger partial charge in [-0.05, 0) is 46.3 Å². The van der Waals surface area contributed by atoms with Crippen molar-refractivity contribution in [2.24, 2.45) is 0 Å². The minimum Gasteiger partial charge on any atom is -0.410 e. The molecule has 21 heavy (non-hydrogen) atoms. The molecule has 2 aromatic heterocycles. The van der Waals surface area contributed by atoms with E-state index in [1.165, 1.54) is 0 Å². The Morgan fingerprint density at radius 3 is 2.71 bits per heavy atom. The fraction of sp³-hybridized carbons (Fsp3) is 0. The van der Waals surface area contributed by atoms with E-state index in [0.717, 1.165) is 9.99 Å². The smallest absolute Gasteiger partial charge is 0.410 e. The first-order chi connectivity index (χ1) is 10.2. The van der Waals surface area contributed by atoms with Crippen LogP contribution in [0.2, 0.25) is 0 Å². The van der Waals surface area contributed by atoms with Gasteiger partial charge < -0.3 is 4.74 Å². The molecule has 0 unspecified atom stereocenters. The Kier molecular flexibility index (Phi) is 3.79. The summed E-state index contributed by atoms with van der Waals surface area (Å²) < 4.78 is 5.96. The van der Waals surface area contributed by atoms with Gasteiger partial charge in [0.05, 0.1) is 11.0 Å². The van der Waals surface area contributed by atoms with E-state index in [2.05, 4.69) is 31.2 Å². The summed E-state index contributed by atoms with van der Waals surface area (Å²) >= 11 is 3.34. The highest BCUT2D eigenvalue weighted by Gasteiger charge is 2.07. The highest BCUT2D eigenvalue weighted by Crippen LogP contribution is 2.18. The van der Waals surface area contributed by atoms with Crippen LogP contribution in [0, 0.1) is 0 Å². The number of benzene rings is 1. The van der Waals surface area contributed by atoms with E-state index in [1.54, 1.807) is 42.6 Å². The van der Waals surface area contributed by atoms with Gasteiger partial charge in [0.2, 0.25) is 0 Å². The third-order valence-electron chi connectivity index (χ3n) is 2.69. The number of aromatic nitrogens is 2. The van der Waals surface area contributed by atoms with Crippen molar-refractivity contribution in [2.75, 3.05) is 5.32 Å². The molecular formula is C15H10BrN3O2. The number of hydrogen-bond acceptors (Lipinski definition) is 4. The van der Waals surface area contributed by atoms with E-state index in [-0.39, 0.29) is 0 Å². The van der Waals surface area contributed by atoms with Gasteiger partial charge in [0.25, 0.3) is 0 Å². The normalized spacial score (nSPS) is 10.3. The first-order valence-electron chi connectivity index (χ1n) is 6.17. The molecule has 0 aliphatic carbocycles. The maximum absolute atomic E-state index is 11.8. The molecule has 0 saturated carbocycles. The van der Waals surface area contributed by atoms with Crippen molar-refractivity contribution in [1.29, 1.82) is 0 Å². The van der Waals surface area contributed by atoms with Crippen LogP contribution in [0.3, 0.4) is 0 Å². The predicted molar refractivity (Wildman–Crippen MR) is 83.3 cm³/mol. The Labute approximate surface area is 129 Å². The molecule has 3 rings (SSSR count). The Morgan fingerprint density at radius 1 is 1.10 bits per heavy atom. The number of anilines is 1. The fourth-order valence-electron chi connectivity index (χ4n) is 1.78. The first-order valence-corrected chi connectivity index (χ1v) is 6.96. The molecule has 0 aliphatic heterocycles. The number of pyridine rings is 2. The molecule has 0 spiro atoms. The Hall–Kier alpha value is -2.47. The molecule has 0 fully saturated rings. The molecule has 2 heterocycles. The quantitative estimate of drug-likeness (QED) is 0.763. The van der Waals surface area contributed by atoms with E-state index < -0.39 is 6.09 Å². The maximum atomic E-state index is 11.8. The monoisotopic (exact) mass is 343 g/mol. The van der Waals surface area contributed by atoms with Gasteiger partial charge in [-0.15, -0.1) is 0 Å². The molecule has 1 N–H and O–H groups in total. The molecule has 0 bridgehead atoms. The zero-order chi connectivity index (χ0) is 14.7. The fourth-order valence-corrected chi connectivity index (χ4v) is 2.10. The molecule has 1 aromatic carbocycles. The molecule has 0 saturated heterocycles. The number of nitrogens with one attached hydrogen (secondary N) is 1. The molecule has 0 aliphatic rings. The lowest BCUT2D eigenvalue weighted by Crippen LogP contribution is -2.17. The number of para-hydroxylation sites is 1. The van der Waals surface area contributed by atoms with Crippen molar-refractivity contribution in [3.8, 4) is 5.75 Å². The third kappa shape index (κ3) is 3.35. The highest BCUT2D eigenvalue weighted by molar-refractivity contribution is 9.10. The number of carbonyl (C=O) groups is 1. The van der Waals surface area contributed by atoms with Crippen molar-refractivity contribution in [1.82, 2.24) is 9.97 Å².